The average molecular weight is 550 g/mol. The zero-order valence-electron chi connectivity index (χ0n) is 25.3. The first-order chi connectivity index (χ1) is 19.3. The number of amides is 3. The third-order valence-electron chi connectivity index (χ3n) is 7.90. The molecule has 1 aromatic rings. The molecule has 3 unspecified atom stereocenters. The van der Waals surface area contributed by atoms with Gasteiger partial charge in [-0.1, -0.05) is 72.3 Å². The normalized spacial score (nSPS) is 17.3. The molecule has 1 aliphatic heterocycles. The van der Waals surface area contributed by atoms with E-state index in [2.05, 4.69) is 37.9 Å². The molecule has 0 N–H and O–H groups in total. The lowest BCUT2D eigenvalue weighted by Crippen LogP contribution is -2.47. The molecular formula is C32H47N5O3. The number of likely N-dealkylation sites (N-methyl/N-ethyl adjacent to an activating group) is 1. The van der Waals surface area contributed by atoms with Crippen LogP contribution in [0.15, 0.2) is 45.6 Å². The second-order valence-corrected chi connectivity index (χ2v) is 10.8. The Bertz CT molecular complexity index is 1100. The maximum atomic E-state index is 13.9. The summed E-state index contributed by atoms with van der Waals surface area (Å²) in [4.78, 5) is 42.2. The third-order valence-corrected chi connectivity index (χ3v) is 7.90. The van der Waals surface area contributed by atoms with Gasteiger partial charge in [-0.3, -0.25) is 19.3 Å². The van der Waals surface area contributed by atoms with Crippen molar-refractivity contribution in [3.63, 3.8) is 0 Å². The summed E-state index contributed by atoms with van der Waals surface area (Å²) in [5.74, 6) is -0.190. The Morgan fingerprint density at radius 1 is 1.02 bits per heavy atom. The van der Waals surface area contributed by atoms with Gasteiger partial charge in [-0.25, -0.2) is 0 Å². The molecular weight excluding hydrogens is 502 g/mol. The molecule has 0 saturated heterocycles. The van der Waals surface area contributed by atoms with Crippen LogP contribution in [0.25, 0.3) is 0 Å². The third kappa shape index (κ3) is 8.58. The van der Waals surface area contributed by atoms with Crippen LogP contribution in [0.3, 0.4) is 0 Å². The summed E-state index contributed by atoms with van der Waals surface area (Å²) in [7, 11) is 0. The maximum absolute atomic E-state index is 13.9. The van der Waals surface area contributed by atoms with Gasteiger partial charge in [0, 0.05) is 25.2 Å². The Morgan fingerprint density at radius 3 is 2.12 bits per heavy atom. The van der Waals surface area contributed by atoms with Crippen LogP contribution in [0.2, 0.25) is 0 Å². The monoisotopic (exact) mass is 549 g/mol. The minimum Gasteiger partial charge on any atom is -0.338 e. The van der Waals surface area contributed by atoms with E-state index in [1.54, 1.807) is 38.1 Å². The van der Waals surface area contributed by atoms with Crippen molar-refractivity contribution >= 4 is 23.4 Å². The lowest BCUT2D eigenvalue weighted by Gasteiger charge is -2.31. The molecule has 0 bridgehead atoms. The molecule has 8 nitrogen and oxygen atoms in total. The van der Waals surface area contributed by atoms with Crippen LogP contribution in [0.5, 0.6) is 0 Å². The Hall–Kier alpha value is -3.34. The minimum atomic E-state index is -1.05. The SMILES string of the molecule is CCCCC(CC)CN(CC(CC)CCCC)C(=O)c1cccc(/N=N/C2C(=O)N(CC)C(=O)C(C#N)=C2C)c1. The first-order valence-electron chi connectivity index (χ1n) is 15.0. The van der Waals surface area contributed by atoms with Gasteiger partial charge >= 0.3 is 0 Å². The second-order valence-electron chi connectivity index (χ2n) is 10.8. The standard InChI is InChI=1S/C32H47N5O3/c1-7-12-15-24(9-3)21-36(22-25(10-4)16-13-8-2)30(38)26-17-14-18-27(19-26)34-35-29-23(6)28(20-33)31(39)37(11-5)32(29)40/h14,17-19,24-25,29H,7-13,15-16,21-22H2,1-6H3/b35-34+. The number of unbranched alkanes of at least 4 members (excludes halogenated alkanes) is 2. The van der Waals surface area contributed by atoms with E-state index < -0.39 is 17.9 Å². The highest BCUT2D eigenvalue weighted by Gasteiger charge is 2.38. The zero-order chi connectivity index (χ0) is 29.7. The molecule has 0 fully saturated rings. The highest BCUT2D eigenvalue weighted by molar-refractivity contribution is 6.12. The van der Waals surface area contributed by atoms with Crippen LogP contribution >= 0.6 is 0 Å². The summed E-state index contributed by atoms with van der Waals surface area (Å²) < 4.78 is 0. The van der Waals surface area contributed by atoms with Gasteiger partial charge in [-0.15, -0.1) is 0 Å². The van der Waals surface area contributed by atoms with Crippen molar-refractivity contribution in [1.29, 1.82) is 5.26 Å². The molecule has 1 heterocycles. The maximum Gasteiger partial charge on any atom is 0.271 e. The van der Waals surface area contributed by atoms with Gasteiger partial charge in [0.05, 0.1) is 5.69 Å². The summed E-state index contributed by atoms with van der Waals surface area (Å²) in [5, 5.41) is 18.0. The van der Waals surface area contributed by atoms with Gasteiger partial charge < -0.3 is 4.90 Å². The molecule has 218 valence electrons. The Labute approximate surface area is 240 Å². The smallest absolute Gasteiger partial charge is 0.271 e. The zero-order valence-corrected chi connectivity index (χ0v) is 25.3. The van der Waals surface area contributed by atoms with Crippen molar-refractivity contribution in [2.45, 2.75) is 99.0 Å². The van der Waals surface area contributed by atoms with E-state index >= 15 is 0 Å². The summed E-state index contributed by atoms with van der Waals surface area (Å²) in [6.07, 6.45) is 8.90. The molecule has 2 rings (SSSR count). The molecule has 40 heavy (non-hydrogen) atoms. The number of hydrogen-bond donors (Lipinski definition) is 0. The van der Waals surface area contributed by atoms with Crippen molar-refractivity contribution < 1.29 is 14.4 Å². The number of imide groups is 1. The molecule has 3 amide bonds. The van der Waals surface area contributed by atoms with Gasteiger partial charge in [0.1, 0.15) is 11.6 Å². The lowest BCUT2D eigenvalue weighted by atomic mass is 9.95. The molecule has 1 aromatic carbocycles. The summed E-state index contributed by atoms with van der Waals surface area (Å²) in [5.41, 5.74) is 1.20. The van der Waals surface area contributed by atoms with E-state index in [4.69, 9.17) is 0 Å². The molecule has 0 aromatic heterocycles. The minimum absolute atomic E-state index is 0.0127. The average Bonchev–Trinajstić information content (AvgIpc) is 2.96. The fourth-order valence-electron chi connectivity index (χ4n) is 5.15. The summed E-state index contributed by atoms with van der Waals surface area (Å²) in [6, 6.07) is 7.87. The van der Waals surface area contributed by atoms with E-state index in [0.29, 0.717) is 28.7 Å². The summed E-state index contributed by atoms with van der Waals surface area (Å²) >= 11 is 0. The molecule has 3 atom stereocenters. The predicted molar refractivity (Wildman–Crippen MR) is 158 cm³/mol. The molecule has 0 saturated carbocycles. The number of benzene rings is 1. The topological polar surface area (TPSA) is 106 Å². The predicted octanol–water partition coefficient (Wildman–Crippen LogP) is 7.24. The van der Waals surface area contributed by atoms with E-state index in [1.807, 2.05) is 11.0 Å². The van der Waals surface area contributed by atoms with E-state index in [9.17, 15) is 19.6 Å². The number of azo groups is 1. The largest absolute Gasteiger partial charge is 0.338 e. The number of rotatable bonds is 16. The van der Waals surface area contributed by atoms with Crippen LogP contribution in [0, 0.1) is 23.2 Å². The Kier molecular flexibility index (Phi) is 13.7. The number of nitriles is 1. The van der Waals surface area contributed by atoms with Crippen molar-refractivity contribution in [3.05, 3.63) is 41.0 Å². The van der Waals surface area contributed by atoms with Crippen LogP contribution in [0.4, 0.5) is 5.69 Å². The fourth-order valence-corrected chi connectivity index (χ4v) is 5.15. The van der Waals surface area contributed by atoms with Crippen molar-refractivity contribution in [3.8, 4) is 6.07 Å². The number of nitrogens with zero attached hydrogens (tertiary/aromatic N) is 5. The quantitative estimate of drug-likeness (QED) is 0.160. The molecule has 0 radical (unpaired) electrons. The van der Waals surface area contributed by atoms with Crippen molar-refractivity contribution in [2.24, 2.45) is 22.1 Å². The van der Waals surface area contributed by atoms with E-state index in [1.165, 1.54) is 0 Å². The van der Waals surface area contributed by atoms with Crippen LogP contribution < -0.4 is 0 Å². The van der Waals surface area contributed by atoms with Crippen LogP contribution in [-0.2, 0) is 9.59 Å². The first kappa shape index (κ1) is 32.9. The van der Waals surface area contributed by atoms with E-state index in [-0.39, 0.29) is 18.0 Å². The second kappa shape index (κ2) is 16.7. The van der Waals surface area contributed by atoms with Gasteiger partial charge in [0.25, 0.3) is 17.7 Å². The molecule has 0 spiro atoms. The lowest BCUT2D eigenvalue weighted by molar-refractivity contribution is -0.143. The van der Waals surface area contributed by atoms with Crippen LogP contribution in [0.1, 0.15) is 103 Å². The summed E-state index contributed by atoms with van der Waals surface area (Å²) in [6.45, 7) is 13.7. The first-order valence-corrected chi connectivity index (χ1v) is 15.0. The van der Waals surface area contributed by atoms with Gasteiger partial charge in [-0.05, 0) is 62.3 Å². The van der Waals surface area contributed by atoms with Gasteiger partial charge in [0.2, 0.25) is 0 Å². The van der Waals surface area contributed by atoms with Crippen LogP contribution in [-0.4, -0.2) is 53.2 Å². The van der Waals surface area contributed by atoms with Gasteiger partial charge in [-0.2, -0.15) is 15.5 Å². The Morgan fingerprint density at radius 2 is 1.62 bits per heavy atom. The highest BCUT2D eigenvalue weighted by atomic mass is 16.2. The number of carbonyl (C=O) groups excluding carboxylic acids is 3. The van der Waals surface area contributed by atoms with E-state index in [0.717, 1.165) is 69.4 Å². The van der Waals surface area contributed by atoms with Crippen molar-refractivity contribution in [1.82, 2.24) is 9.80 Å². The Balaban J connectivity index is 2.34. The van der Waals surface area contributed by atoms with Crippen molar-refractivity contribution in [2.75, 3.05) is 19.6 Å². The molecule has 1 aliphatic rings. The number of carbonyl (C=O) groups is 3. The highest BCUT2D eigenvalue weighted by Crippen LogP contribution is 2.26. The molecule has 8 heteroatoms. The van der Waals surface area contributed by atoms with Gasteiger partial charge in [0.15, 0.2) is 6.04 Å². The fraction of sp³-hybridized carbons (Fsp3) is 0.625. The number of hydrogen-bond acceptors (Lipinski definition) is 6. The molecule has 0 aliphatic carbocycles.